The van der Waals surface area contributed by atoms with E-state index in [9.17, 15) is 9.90 Å². The number of carbonyl (C=O) groups is 1. The molecule has 0 aliphatic heterocycles. The summed E-state index contributed by atoms with van der Waals surface area (Å²) in [7, 11) is 1.30. The molecule has 0 spiro atoms. The minimum Gasteiger partial charge on any atom is -0.506 e. The number of thiophene rings is 1. The summed E-state index contributed by atoms with van der Waals surface area (Å²) in [6, 6.07) is 3.40. The largest absolute Gasteiger partial charge is 0.506 e. The molecule has 0 radical (unpaired) electrons. The monoisotopic (exact) mass is 222 g/mol. The van der Waals surface area contributed by atoms with E-state index in [1.165, 1.54) is 7.11 Å². The van der Waals surface area contributed by atoms with Gasteiger partial charge < -0.3 is 9.84 Å². The third-order valence-electron chi connectivity index (χ3n) is 2.30. The Hall–Kier alpha value is -1.55. The minimum absolute atomic E-state index is 0.0121. The van der Waals surface area contributed by atoms with Crippen molar-refractivity contribution in [3.8, 4) is 5.75 Å². The van der Waals surface area contributed by atoms with Crippen molar-refractivity contribution in [3.05, 3.63) is 28.6 Å². The SMILES string of the molecule is COC(=O)c1ccc2scc(C)c2c1O. The smallest absolute Gasteiger partial charge is 0.341 e. The summed E-state index contributed by atoms with van der Waals surface area (Å²) in [6.07, 6.45) is 0. The molecule has 0 atom stereocenters. The molecule has 78 valence electrons. The lowest BCUT2D eigenvalue weighted by Crippen LogP contribution is -2.01. The van der Waals surface area contributed by atoms with Gasteiger partial charge in [0.1, 0.15) is 11.3 Å². The second kappa shape index (κ2) is 3.55. The highest BCUT2D eigenvalue weighted by molar-refractivity contribution is 7.17. The van der Waals surface area contributed by atoms with Crippen LogP contribution in [-0.4, -0.2) is 18.2 Å². The van der Waals surface area contributed by atoms with Crippen LogP contribution < -0.4 is 0 Å². The standard InChI is InChI=1S/C11H10O3S/c1-6-5-15-8-4-3-7(11(13)14-2)10(12)9(6)8/h3-5,12H,1-2H3. The number of aryl methyl sites for hydroxylation is 1. The van der Waals surface area contributed by atoms with Crippen LogP contribution in [0.5, 0.6) is 5.75 Å². The average molecular weight is 222 g/mol. The molecule has 0 bridgehead atoms. The van der Waals surface area contributed by atoms with E-state index in [2.05, 4.69) is 4.74 Å². The molecule has 1 aromatic heterocycles. The number of methoxy groups -OCH3 is 1. The molecule has 3 nitrogen and oxygen atoms in total. The van der Waals surface area contributed by atoms with Crippen molar-refractivity contribution in [1.29, 1.82) is 0 Å². The Morgan fingerprint density at radius 3 is 2.87 bits per heavy atom. The highest BCUT2D eigenvalue weighted by Crippen LogP contribution is 2.35. The van der Waals surface area contributed by atoms with E-state index in [0.29, 0.717) is 0 Å². The topological polar surface area (TPSA) is 46.5 Å². The quantitative estimate of drug-likeness (QED) is 0.754. The van der Waals surface area contributed by atoms with Crippen LogP contribution >= 0.6 is 11.3 Å². The first-order valence-electron chi connectivity index (χ1n) is 4.43. The van der Waals surface area contributed by atoms with Crippen LogP contribution in [0.3, 0.4) is 0 Å². The van der Waals surface area contributed by atoms with Crippen LogP contribution in [0.25, 0.3) is 10.1 Å². The maximum atomic E-state index is 11.3. The molecule has 0 saturated heterocycles. The lowest BCUT2D eigenvalue weighted by molar-refractivity contribution is 0.0598. The zero-order valence-electron chi connectivity index (χ0n) is 8.40. The predicted molar refractivity (Wildman–Crippen MR) is 59.6 cm³/mol. The number of hydrogen-bond donors (Lipinski definition) is 1. The maximum Gasteiger partial charge on any atom is 0.341 e. The van der Waals surface area contributed by atoms with Crippen molar-refractivity contribution < 1.29 is 14.6 Å². The van der Waals surface area contributed by atoms with Gasteiger partial charge in [0.25, 0.3) is 0 Å². The Kier molecular flexibility index (Phi) is 2.36. The van der Waals surface area contributed by atoms with Crippen molar-refractivity contribution >= 4 is 27.4 Å². The third kappa shape index (κ3) is 1.47. The number of rotatable bonds is 1. The van der Waals surface area contributed by atoms with Crippen molar-refractivity contribution in [2.24, 2.45) is 0 Å². The average Bonchev–Trinajstić information content (AvgIpc) is 2.61. The van der Waals surface area contributed by atoms with Crippen LogP contribution in [0.4, 0.5) is 0 Å². The first kappa shape index (κ1) is 9.98. The van der Waals surface area contributed by atoms with E-state index in [0.717, 1.165) is 15.6 Å². The van der Waals surface area contributed by atoms with E-state index in [1.807, 2.05) is 18.4 Å². The molecule has 0 amide bonds. The van der Waals surface area contributed by atoms with Crippen molar-refractivity contribution in [2.45, 2.75) is 6.92 Å². The number of carbonyl (C=O) groups excluding carboxylic acids is 1. The molecular weight excluding hydrogens is 212 g/mol. The number of hydrogen-bond acceptors (Lipinski definition) is 4. The highest BCUT2D eigenvalue weighted by atomic mass is 32.1. The van der Waals surface area contributed by atoms with Gasteiger partial charge in [-0.3, -0.25) is 0 Å². The summed E-state index contributed by atoms with van der Waals surface area (Å²) in [5, 5.41) is 12.6. The van der Waals surface area contributed by atoms with Gasteiger partial charge in [-0.05, 0) is 30.0 Å². The van der Waals surface area contributed by atoms with Crippen LogP contribution in [0, 0.1) is 6.92 Å². The molecule has 2 rings (SSSR count). The molecule has 1 heterocycles. The second-order valence-electron chi connectivity index (χ2n) is 3.25. The van der Waals surface area contributed by atoms with Gasteiger partial charge >= 0.3 is 5.97 Å². The zero-order valence-corrected chi connectivity index (χ0v) is 9.22. The van der Waals surface area contributed by atoms with E-state index in [4.69, 9.17) is 0 Å². The molecular formula is C11H10O3S. The highest BCUT2D eigenvalue weighted by Gasteiger charge is 2.15. The second-order valence-corrected chi connectivity index (χ2v) is 4.16. The van der Waals surface area contributed by atoms with E-state index < -0.39 is 5.97 Å². The molecule has 15 heavy (non-hydrogen) atoms. The zero-order chi connectivity index (χ0) is 11.0. The van der Waals surface area contributed by atoms with Gasteiger partial charge in [-0.25, -0.2) is 4.79 Å². The first-order valence-corrected chi connectivity index (χ1v) is 5.31. The van der Waals surface area contributed by atoms with Gasteiger partial charge in [0.05, 0.1) is 7.11 Å². The Labute approximate surface area is 90.9 Å². The summed E-state index contributed by atoms with van der Waals surface area (Å²) >= 11 is 1.54. The molecule has 0 aliphatic carbocycles. The predicted octanol–water partition coefficient (Wildman–Crippen LogP) is 2.70. The number of ether oxygens (including phenoxy) is 1. The Morgan fingerprint density at radius 1 is 1.47 bits per heavy atom. The Balaban J connectivity index is 2.74. The van der Waals surface area contributed by atoms with Gasteiger partial charge in [0.15, 0.2) is 0 Å². The van der Waals surface area contributed by atoms with Crippen LogP contribution in [0.15, 0.2) is 17.5 Å². The number of benzene rings is 1. The number of aromatic hydroxyl groups is 1. The molecule has 0 saturated carbocycles. The molecule has 0 aliphatic rings. The van der Waals surface area contributed by atoms with Crippen molar-refractivity contribution in [1.82, 2.24) is 0 Å². The summed E-state index contributed by atoms with van der Waals surface area (Å²) in [6.45, 7) is 1.90. The fourth-order valence-electron chi connectivity index (χ4n) is 1.54. The number of phenols is 1. The third-order valence-corrected chi connectivity index (χ3v) is 3.37. The van der Waals surface area contributed by atoms with Gasteiger partial charge in [-0.1, -0.05) is 0 Å². The maximum absolute atomic E-state index is 11.3. The molecule has 1 aromatic carbocycles. The van der Waals surface area contributed by atoms with Gasteiger partial charge in [-0.15, -0.1) is 11.3 Å². The fourth-order valence-corrected chi connectivity index (χ4v) is 2.48. The van der Waals surface area contributed by atoms with Gasteiger partial charge in [-0.2, -0.15) is 0 Å². The van der Waals surface area contributed by atoms with E-state index >= 15 is 0 Å². The van der Waals surface area contributed by atoms with Crippen molar-refractivity contribution in [3.63, 3.8) is 0 Å². The first-order chi connectivity index (χ1) is 7.15. The molecule has 4 heteroatoms. The molecule has 2 aromatic rings. The summed E-state index contributed by atoms with van der Waals surface area (Å²) < 4.78 is 5.56. The normalized spacial score (nSPS) is 10.5. The summed E-state index contributed by atoms with van der Waals surface area (Å²) in [5.41, 5.74) is 1.18. The Bertz CT molecular complexity index is 528. The minimum atomic E-state index is -0.514. The van der Waals surface area contributed by atoms with Crippen LogP contribution in [0.2, 0.25) is 0 Å². The lowest BCUT2D eigenvalue weighted by atomic mass is 10.1. The van der Waals surface area contributed by atoms with Gasteiger partial charge in [0.2, 0.25) is 0 Å². The van der Waals surface area contributed by atoms with Crippen LogP contribution in [-0.2, 0) is 4.74 Å². The number of esters is 1. The van der Waals surface area contributed by atoms with E-state index in [-0.39, 0.29) is 11.3 Å². The fraction of sp³-hybridized carbons (Fsp3) is 0.182. The number of phenolic OH excluding ortho intramolecular Hbond substituents is 1. The number of fused-ring (bicyclic) bond motifs is 1. The van der Waals surface area contributed by atoms with Gasteiger partial charge in [0, 0.05) is 10.1 Å². The molecule has 1 N–H and O–H groups in total. The lowest BCUT2D eigenvalue weighted by Gasteiger charge is -2.04. The summed E-state index contributed by atoms with van der Waals surface area (Å²) in [5.74, 6) is -0.502. The van der Waals surface area contributed by atoms with Crippen LogP contribution in [0.1, 0.15) is 15.9 Å². The molecule has 0 unspecified atom stereocenters. The van der Waals surface area contributed by atoms with Crippen molar-refractivity contribution in [2.75, 3.05) is 7.11 Å². The Morgan fingerprint density at radius 2 is 2.20 bits per heavy atom. The molecule has 0 fully saturated rings. The van der Waals surface area contributed by atoms with E-state index in [1.54, 1.807) is 17.4 Å². The summed E-state index contributed by atoms with van der Waals surface area (Å²) in [4.78, 5) is 11.3.